The Kier molecular flexibility index (Phi) is 2.67. The topological polar surface area (TPSA) is 24.4 Å². The van der Waals surface area contributed by atoms with E-state index in [0.29, 0.717) is 12.1 Å². The van der Waals surface area contributed by atoms with Gasteiger partial charge >= 0.3 is 0 Å². The largest absolute Gasteiger partial charge is 0.369 e. The molecule has 2 nitrogen and oxygen atoms in total. The second kappa shape index (κ2) is 3.95. The fourth-order valence-electron chi connectivity index (χ4n) is 2.26. The molecular formula is C11H18N2. The number of hydrogen-bond donors (Lipinski definition) is 1. The molecule has 2 atom stereocenters. The van der Waals surface area contributed by atoms with E-state index in [0.717, 1.165) is 12.8 Å². The number of fused-ring (bicyclic) bond motifs is 1. The zero-order valence-electron chi connectivity index (χ0n) is 8.13. The molecule has 0 aromatic carbocycles. The Bertz CT molecular complexity index is 220. The molecule has 0 aromatic heterocycles. The smallest absolute Gasteiger partial charge is 0.0973 e. The van der Waals surface area contributed by atoms with E-state index >= 15 is 0 Å². The Morgan fingerprint density at radius 2 is 2.31 bits per heavy atom. The van der Waals surface area contributed by atoms with Crippen LogP contribution in [0.15, 0.2) is 17.6 Å². The van der Waals surface area contributed by atoms with Gasteiger partial charge in [0.25, 0.3) is 0 Å². The molecule has 1 heterocycles. The van der Waals surface area contributed by atoms with Crippen LogP contribution in [0, 0.1) is 0 Å². The van der Waals surface area contributed by atoms with Gasteiger partial charge in [-0.3, -0.25) is 4.99 Å². The number of nitrogens with one attached hydrogen (secondary N) is 1. The highest BCUT2D eigenvalue weighted by Gasteiger charge is 2.29. The Hall–Kier alpha value is -0.790. The van der Waals surface area contributed by atoms with Crippen molar-refractivity contribution in [2.24, 2.45) is 4.99 Å². The quantitative estimate of drug-likeness (QED) is 0.659. The van der Waals surface area contributed by atoms with Gasteiger partial charge < -0.3 is 5.32 Å². The van der Waals surface area contributed by atoms with Crippen molar-refractivity contribution in [3.8, 4) is 0 Å². The first-order valence-electron chi connectivity index (χ1n) is 5.34. The maximum atomic E-state index is 4.71. The molecule has 2 aliphatic rings. The molecule has 1 saturated carbocycles. The van der Waals surface area contributed by atoms with Crippen molar-refractivity contribution in [3.63, 3.8) is 0 Å². The van der Waals surface area contributed by atoms with Crippen molar-refractivity contribution >= 4 is 5.84 Å². The number of nitrogens with zero attached hydrogens (tertiary/aromatic N) is 1. The minimum absolute atomic E-state index is 0.591. The predicted molar refractivity (Wildman–Crippen MR) is 56.0 cm³/mol. The van der Waals surface area contributed by atoms with Gasteiger partial charge in [-0.1, -0.05) is 18.9 Å². The van der Waals surface area contributed by atoms with Crippen LogP contribution in [0.2, 0.25) is 0 Å². The highest BCUT2D eigenvalue weighted by Crippen LogP contribution is 2.25. The lowest BCUT2D eigenvalue weighted by molar-refractivity contribution is 0.384. The van der Waals surface area contributed by atoms with E-state index < -0.39 is 0 Å². The van der Waals surface area contributed by atoms with E-state index in [1.807, 2.05) is 6.08 Å². The van der Waals surface area contributed by atoms with E-state index in [1.54, 1.807) is 0 Å². The van der Waals surface area contributed by atoms with Gasteiger partial charge in [0.05, 0.1) is 11.9 Å². The fourth-order valence-corrected chi connectivity index (χ4v) is 2.26. The molecule has 0 bridgehead atoms. The standard InChI is InChI=1S/C11H18N2/c1-2-3-8-11-12-9-6-4-5-7-10(9)13-11/h2,9-10H,1,3-8H2,(H,12,13)/t9-,10+. The summed E-state index contributed by atoms with van der Waals surface area (Å²) in [5, 5.41) is 3.53. The molecule has 1 N–H and O–H groups in total. The molecular weight excluding hydrogens is 160 g/mol. The van der Waals surface area contributed by atoms with Crippen LogP contribution in [-0.4, -0.2) is 17.9 Å². The minimum atomic E-state index is 0.591. The molecule has 0 spiro atoms. The van der Waals surface area contributed by atoms with E-state index in [-0.39, 0.29) is 0 Å². The van der Waals surface area contributed by atoms with Crippen LogP contribution in [-0.2, 0) is 0 Å². The maximum Gasteiger partial charge on any atom is 0.0973 e. The van der Waals surface area contributed by atoms with Crippen molar-refractivity contribution in [1.82, 2.24) is 5.32 Å². The second-order valence-electron chi connectivity index (χ2n) is 4.01. The van der Waals surface area contributed by atoms with Gasteiger partial charge in [-0.2, -0.15) is 0 Å². The number of aliphatic imine (C=N–C) groups is 1. The Balaban J connectivity index is 1.89. The van der Waals surface area contributed by atoms with E-state index in [2.05, 4.69) is 11.9 Å². The summed E-state index contributed by atoms with van der Waals surface area (Å²) in [6.07, 6.45) is 9.40. The van der Waals surface area contributed by atoms with Gasteiger partial charge in [-0.25, -0.2) is 0 Å². The first-order chi connectivity index (χ1) is 6.40. The summed E-state index contributed by atoms with van der Waals surface area (Å²) in [5.74, 6) is 1.22. The second-order valence-corrected chi connectivity index (χ2v) is 4.01. The Morgan fingerprint density at radius 1 is 1.46 bits per heavy atom. The molecule has 2 heteroatoms. The van der Waals surface area contributed by atoms with Crippen molar-refractivity contribution < 1.29 is 0 Å². The molecule has 72 valence electrons. The first kappa shape index (κ1) is 8.79. The van der Waals surface area contributed by atoms with E-state index in [9.17, 15) is 0 Å². The number of hydrogen-bond acceptors (Lipinski definition) is 2. The van der Waals surface area contributed by atoms with Gasteiger partial charge in [0.2, 0.25) is 0 Å². The SMILES string of the molecule is C=CCCC1=N[C@@H]2CCCC[C@@H]2N1. The van der Waals surface area contributed by atoms with Crippen LogP contribution in [0.3, 0.4) is 0 Å². The summed E-state index contributed by atoms with van der Waals surface area (Å²) in [6.45, 7) is 3.73. The summed E-state index contributed by atoms with van der Waals surface area (Å²) in [4.78, 5) is 4.71. The van der Waals surface area contributed by atoms with Gasteiger partial charge in [-0.05, 0) is 19.3 Å². The van der Waals surface area contributed by atoms with Gasteiger partial charge in [-0.15, -0.1) is 6.58 Å². The third-order valence-electron chi connectivity index (χ3n) is 2.99. The zero-order chi connectivity index (χ0) is 9.10. The van der Waals surface area contributed by atoms with Crippen molar-refractivity contribution in [2.45, 2.75) is 50.6 Å². The monoisotopic (exact) mass is 178 g/mol. The molecule has 0 saturated heterocycles. The molecule has 0 amide bonds. The molecule has 2 rings (SSSR count). The Labute approximate surface area is 80.1 Å². The van der Waals surface area contributed by atoms with Crippen LogP contribution < -0.4 is 5.32 Å². The summed E-state index contributed by atoms with van der Waals surface area (Å²) < 4.78 is 0. The maximum absolute atomic E-state index is 4.71. The average molecular weight is 178 g/mol. The molecule has 1 aliphatic carbocycles. The molecule has 13 heavy (non-hydrogen) atoms. The Morgan fingerprint density at radius 3 is 3.08 bits per heavy atom. The summed E-state index contributed by atoms with van der Waals surface area (Å²) in [6, 6.07) is 1.25. The zero-order valence-corrected chi connectivity index (χ0v) is 8.13. The molecule has 0 radical (unpaired) electrons. The molecule has 1 aliphatic heterocycles. The lowest BCUT2D eigenvalue weighted by atomic mass is 9.92. The summed E-state index contributed by atoms with van der Waals surface area (Å²) in [7, 11) is 0. The highest BCUT2D eigenvalue weighted by atomic mass is 15.1. The minimum Gasteiger partial charge on any atom is -0.369 e. The van der Waals surface area contributed by atoms with Crippen LogP contribution in [0.5, 0.6) is 0 Å². The van der Waals surface area contributed by atoms with Crippen molar-refractivity contribution in [2.75, 3.05) is 0 Å². The lowest BCUT2D eigenvalue weighted by Crippen LogP contribution is -2.36. The summed E-state index contributed by atoms with van der Waals surface area (Å²) >= 11 is 0. The lowest BCUT2D eigenvalue weighted by Gasteiger charge is -2.23. The molecule has 0 aromatic rings. The number of amidine groups is 1. The van der Waals surface area contributed by atoms with Crippen LogP contribution in [0.25, 0.3) is 0 Å². The van der Waals surface area contributed by atoms with E-state index in [1.165, 1.54) is 31.5 Å². The van der Waals surface area contributed by atoms with E-state index in [4.69, 9.17) is 4.99 Å². The van der Waals surface area contributed by atoms with Gasteiger partial charge in [0, 0.05) is 12.5 Å². The van der Waals surface area contributed by atoms with Crippen LogP contribution in [0.1, 0.15) is 38.5 Å². The van der Waals surface area contributed by atoms with Gasteiger partial charge in [0.15, 0.2) is 0 Å². The third-order valence-corrected chi connectivity index (χ3v) is 2.99. The van der Waals surface area contributed by atoms with Crippen molar-refractivity contribution in [1.29, 1.82) is 0 Å². The fraction of sp³-hybridized carbons (Fsp3) is 0.727. The summed E-state index contributed by atoms with van der Waals surface area (Å²) in [5.41, 5.74) is 0. The average Bonchev–Trinajstić information content (AvgIpc) is 2.57. The first-order valence-corrected chi connectivity index (χ1v) is 5.34. The molecule has 0 unspecified atom stereocenters. The number of rotatable bonds is 3. The normalized spacial score (nSPS) is 31.8. The number of allylic oxidation sites excluding steroid dienone is 1. The molecule has 1 fully saturated rings. The third kappa shape index (κ3) is 1.93. The van der Waals surface area contributed by atoms with Crippen molar-refractivity contribution in [3.05, 3.63) is 12.7 Å². The highest BCUT2D eigenvalue weighted by molar-refractivity contribution is 5.84. The van der Waals surface area contributed by atoms with Crippen LogP contribution in [0.4, 0.5) is 0 Å². The predicted octanol–water partition coefficient (Wildman–Crippen LogP) is 2.27. The van der Waals surface area contributed by atoms with Crippen LogP contribution >= 0.6 is 0 Å². The van der Waals surface area contributed by atoms with Gasteiger partial charge in [0.1, 0.15) is 0 Å².